The summed E-state index contributed by atoms with van der Waals surface area (Å²) in [5, 5.41) is 6.24. The first kappa shape index (κ1) is 17.8. The molecule has 0 spiro atoms. The van der Waals surface area contributed by atoms with Crippen LogP contribution in [0.1, 0.15) is 41.8 Å². The standard InChI is InChI=1S/C19H24N4O4/c1-19(9-13-4-5-14-15(8-13)26-12-25-14)6-3-7-23(11-19)10-16-21-17(22-27-16)18(24)20-2/h4-5,8H,3,6-7,9-12H2,1-2H3,(H,20,24). The van der Waals surface area contributed by atoms with E-state index in [2.05, 4.69) is 39.4 Å². The first-order chi connectivity index (χ1) is 13.0. The predicted molar refractivity (Wildman–Crippen MR) is 96.6 cm³/mol. The van der Waals surface area contributed by atoms with Gasteiger partial charge in [0.05, 0.1) is 6.54 Å². The van der Waals surface area contributed by atoms with Gasteiger partial charge < -0.3 is 19.3 Å². The number of hydrogen-bond acceptors (Lipinski definition) is 7. The Morgan fingerprint density at radius 2 is 2.19 bits per heavy atom. The summed E-state index contributed by atoms with van der Waals surface area (Å²) in [6, 6.07) is 6.19. The van der Waals surface area contributed by atoms with E-state index in [0.29, 0.717) is 19.2 Å². The SMILES string of the molecule is CNC(=O)c1noc(CN2CCCC(C)(Cc3ccc4c(c3)OCO4)C2)n1. The first-order valence-corrected chi connectivity index (χ1v) is 9.20. The molecule has 0 aliphatic carbocycles. The van der Waals surface area contributed by atoms with Crippen molar-refractivity contribution in [3.8, 4) is 11.5 Å². The monoisotopic (exact) mass is 372 g/mol. The quantitative estimate of drug-likeness (QED) is 0.858. The number of likely N-dealkylation sites (tertiary alicyclic amines) is 1. The van der Waals surface area contributed by atoms with Crippen LogP contribution < -0.4 is 14.8 Å². The largest absolute Gasteiger partial charge is 0.454 e. The van der Waals surface area contributed by atoms with Crippen molar-refractivity contribution in [1.29, 1.82) is 0 Å². The summed E-state index contributed by atoms with van der Waals surface area (Å²) in [5.41, 5.74) is 1.40. The Labute approximate surface area is 157 Å². The maximum atomic E-state index is 11.6. The Hall–Kier alpha value is -2.61. The molecule has 1 amide bonds. The van der Waals surface area contributed by atoms with E-state index in [1.807, 2.05) is 6.07 Å². The molecule has 3 heterocycles. The van der Waals surface area contributed by atoms with Crippen LogP contribution >= 0.6 is 0 Å². The molecule has 0 bridgehead atoms. The van der Waals surface area contributed by atoms with Crippen LogP contribution in [0, 0.1) is 5.41 Å². The zero-order chi connectivity index (χ0) is 18.9. The second kappa shape index (κ2) is 7.19. The Morgan fingerprint density at radius 1 is 1.33 bits per heavy atom. The smallest absolute Gasteiger partial charge is 0.292 e. The average molecular weight is 372 g/mol. The average Bonchev–Trinajstić information content (AvgIpc) is 3.29. The summed E-state index contributed by atoms with van der Waals surface area (Å²) < 4.78 is 16.1. The zero-order valence-corrected chi connectivity index (χ0v) is 15.7. The van der Waals surface area contributed by atoms with Crippen LogP contribution in [0.3, 0.4) is 0 Å². The number of fused-ring (bicyclic) bond motifs is 1. The molecule has 0 radical (unpaired) electrons. The van der Waals surface area contributed by atoms with Crippen molar-refractivity contribution in [3.63, 3.8) is 0 Å². The predicted octanol–water partition coefficient (Wildman–Crippen LogP) is 2.00. The molecule has 144 valence electrons. The highest BCUT2D eigenvalue weighted by Crippen LogP contribution is 2.37. The normalized spacial score (nSPS) is 22.0. The van der Waals surface area contributed by atoms with Crippen molar-refractivity contribution in [3.05, 3.63) is 35.5 Å². The summed E-state index contributed by atoms with van der Waals surface area (Å²) in [6.07, 6.45) is 3.23. The molecule has 4 rings (SSSR count). The number of benzene rings is 1. The van der Waals surface area contributed by atoms with E-state index in [-0.39, 0.29) is 17.1 Å². The minimum absolute atomic E-state index is 0.0765. The van der Waals surface area contributed by atoms with Crippen LogP contribution in [0.2, 0.25) is 0 Å². The molecule has 8 nitrogen and oxygen atoms in total. The van der Waals surface area contributed by atoms with E-state index in [0.717, 1.165) is 43.9 Å². The fraction of sp³-hybridized carbons (Fsp3) is 0.526. The number of nitrogens with zero attached hydrogens (tertiary/aromatic N) is 3. The fourth-order valence-electron chi connectivity index (χ4n) is 3.96. The Bertz CT molecular complexity index is 837. The van der Waals surface area contributed by atoms with Gasteiger partial charge in [-0.15, -0.1) is 0 Å². The van der Waals surface area contributed by atoms with E-state index >= 15 is 0 Å². The van der Waals surface area contributed by atoms with Gasteiger partial charge in [0.15, 0.2) is 11.5 Å². The third-order valence-corrected chi connectivity index (χ3v) is 5.18. The molecule has 8 heteroatoms. The van der Waals surface area contributed by atoms with Crippen molar-refractivity contribution in [1.82, 2.24) is 20.4 Å². The number of carbonyl (C=O) groups is 1. The summed E-state index contributed by atoms with van der Waals surface area (Å²) >= 11 is 0. The number of hydrogen-bond donors (Lipinski definition) is 1. The van der Waals surface area contributed by atoms with Crippen molar-refractivity contribution >= 4 is 5.91 Å². The van der Waals surface area contributed by atoms with Crippen molar-refractivity contribution in [2.75, 3.05) is 26.9 Å². The number of amides is 1. The van der Waals surface area contributed by atoms with Crippen LogP contribution in [0.5, 0.6) is 11.5 Å². The first-order valence-electron chi connectivity index (χ1n) is 9.20. The molecule has 27 heavy (non-hydrogen) atoms. The van der Waals surface area contributed by atoms with Crippen molar-refractivity contribution in [2.24, 2.45) is 5.41 Å². The highest BCUT2D eigenvalue weighted by molar-refractivity contribution is 5.89. The van der Waals surface area contributed by atoms with Crippen LogP contribution in [0.25, 0.3) is 0 Å². The number of aromatic nitrogens is 2. The van der Waals surface area contributed by atoms with Gasteiger partial charge in [0.1, 0.15) is 0 Å². The molecule has 1 N–H and O–H groups in total. The van der Waals surface area contributed by atoms with Crippen LogP contribution in [-0.2, 0) is 13.0 Å². The minimum atomic E-state index is -0.337. The molecule has 1 saturated heterocycles. The van der Waals surface area contributed by atoms with Gasteiger partial charge in [-0.3, -0.25) is 9.69 Å². The summed E-state index contributed by atoms with van der Waals surface area (Å²) in [5.74, 6) is 1.86. The van der Waals surface area contributed by atoms with Gasteiger partial charge in [-0.25, -0.2) is 0 Å². The lowest BCUT2D eigenvalue weighted by Gasteiger charge is -2.40. The number of piperidine rings is 1. The lowest BCUT2D eigenvalue weighted by atomic mass is 9.77. The van der Waals surface area contributed by atoms with E-state index in [1.54, 1.807) is 7.05 Å². The van der Waals surface area contributed by atoms with Crippen molar-refractivity contribution in [2.45, 2.75) is 32.7 Å². The number of carbonyl (C=O) groups excluding carboxylic acids is 1. The van der Waals surface area contributed by atoms with Gasteiger partial charge in [-0.1, -0.05) is 18.1 Å². The molecule has 2 aromatic rings. The van der Waals surface area contributed by atoms with Crippen LogP contribution in [0.4, 0.5) is 0 Å². The highest BCUT2D eigenvalue weighted by Gasteiger charge is 2.32. The van der Waals surface area contributed by atoms with Gasteiger partial charge in [-0.05, 0) is 48.9 Å². The maximum Gasteiger partial charge on any atom is 0.292 e. The van der Waals surface area contributed by atoms with Gasteiger partial charge in [0, 0.05) is 13.6 Å². The van der Waals surface area contributed by atoms with Gasteiger partial charge in [0.2, 0.25) is 12.7 Å². The van der Waals surface area contributed by atoms with E-state index in [1.165, 1.54) is 5.56 Å². The Balaban J connectivity index is 1.41. The van der Waals surface area contributed by atoms with Gasteiger partial charge in [-0.2, -0.15) is 4.98 Å². The Morgan fingerprint density at radius 3 is 3.04 bits per heavy atom. The third kappa shape index (κ3) is 3.90. The molecule has 1 atom stereocenters. The summed E-state index contributed by atoms with van der Waals surface area (Å²) in [6.45, 7) is 5.08. The molecule has 1 aromatic heterocycles. The highest BCUT2D eigenvalue weighted by atomic mass is 16.7. The number of ether oxygens (including phenoxy) is 2. The second-order valence-electron chi connectivity index (χ2n) is 7.58. The lowest BCUT2D eigenvalue weighted by Crippen LogP contribution is -2.42. The summed E-state index contributed by atoms with van der Waals surface area (Å²) in [4.78, 5) is 18.1. The molecule has 1 unspecified atom stereocenters. The molecular formula is C19H24N4O4. The molecule has 0 saturated carbocycles. The molecule has 2 aliphatic rings. The topological polar surface area (TPSA) is 89.7 Å². The van der Waals surface area contributed by atoms with Gasteiger partial charge in [0.25, 0.3) is 11.7 Å². The summed E-state index contributed by atoms with van der Waals surface area (Å²) in [7, 11) is 1.55. The fourth-order valence-corrected chi connectivity index (χ4v) is 3.96. The molecule has 1 aromatic carbocycles. The second-order valence-corrected chi connectivity index (χ2v) is 7.58. The minimum Gasteiger partial charge on any atom is -0.454 e. The lowest BCUT2D eigenvalue weighted by molar-refractivity contribution is 0.0876. The zero-order valence-electron chi connectivity index (χ0n) is 15.7. The third-order valence-electron chi connectivity index (χ3n) is 5.18. The molecular weight excluding hydrogens is 348 g/mol. The maximum absolute atomic E-state index is 11.6. The van der Waals surface area contributed by atoms with E-state index < -0.39 is 0 Å². The Kier molecular flexibility index (Phi) is 4.73. The van der Waals surface area contributed by atoms with Crippen LogP contribution in [0.15, 0.2) is 22.7 Å². The van der Waals surface area contributed by atoms with Crippen molar-refractivity contribution < 1.29 is 18.8 Å². The van der Waals surface area contributed by atoms with Gasteiger partial charge >= 0.3 is 0 Å². The molecule has 2 aliphatic heterocycles. The molecule has 1 fully saturated rings. The van der Waals surface area contributed by atoms with E-state index in [9.17, 15) is 4.79 Å². The number of nitrogens with one attached hydrogen (secondary N) is 1. The van der Waals surface area contributed by atoms with Crippen LogP contribution in [-0.4, -0.2) is 47.9 Å². The number of rotatable bonds is 5. The van der Waals surface area contributed by atoms with E-state index in [4.69, 9.17) is 14.0 Å².